The Labute approximate surface area is 134 Å². The molecular formula is C17H17ClO2S. The van der Waals surface area contributed by atoms with Crippen molar-refractivity contribution in [3.63, 3.8) is 0 Å². The topological polar surface area (TPSA) is 26.3 Å². The van der Waals surface area contributed by atoms with Gasteiger partial charge in [-0.15, -0.1) is 23.4 Å². The van der Waals surface area contributed by atoms with Gasteiger partial charge in [-0.05, 0) is 29.7 Å². The van der Waals surface area contributed by atoms with Gasteiger partial charge in [-0.2, -0.15) is 0 Å². The van der Waals surface area contributed by atoms with Crippen LogP contribution in [0.25, 0.3) is 11.1 Å². The zero-order valence-corrected chi connectivity index (χ0v) is 13.4. The summed E-state index contributed by atoms with van der Waals surface area (Å²) in [6, 6.07) is 16.2. The van der Waals surface area contributed by atoms with Crippen LogP contribution in [0.2, 0.25) is 0 Å². The van der Waals surface area contributed by atoms with Crippen molar-refractivity contribution in [2.75, 3.05) is 11.8 Å². The predicted molar refractivity (Wildman–Crippen MR) is 88.8 cm³/mol. The molecule has 4 heteroatoms. The molecule has 0 aliphatic carbocycles. The van der Waals surface area contributed by atoms with Crippen LogP contribution in [0.3, 0.4) is 0 Å². The fourth-order valence-electron chi connectivity index (χ4n) is 2.07. The molecule has 0 amide bonds. The third-order valence-corrected chi connectivity index (χ3v) is 4.15. The molecule has 0 aromatic heterocycles. The Bertz CT molecular complexity index is 599. The van der Waals surface area contributed by atoms with E-state index in [1.54, 1.807) is 0 Å². The molecule has 0 aliphatic rings. The van der Waals surface area contributed by atoms with Crippen LogP contribution in [0.15, 0.2) is 53.4 Å². The molecule has 2 aromatic carbocycles. The van der Waals surface area contributed by atoms with Gasteiger partial charge in [0.15, 0.2) is 0 Å². The summed E-state index contributed by atoms with van der Waals surface area (Å²) < 4.78 is 5.01. The lowest BCUT2D eigenvalue weighted by atomic mass is 10.0. The molecule has 0 heterocycles. The number of carbonyl (C=O) groups excluding carboxylic acids is 1. The molecule has 0 bridgehead atoms. The van der Waals surface area contributed by atoms with Crippen molar-refractivity contribution in [1.82, 2.24) is 0 Å². The minimum Gasteiger partial charge on any atom is -0.466 e. The number of thioether (sulfide) groups is 1. The SMILES string of the molecule is CCOC(=O)Cc1ccc(-c2ccccc2)cc1SCCl. The normalized spacial score (nSPS) is 10.4. The molecule has 0 fully saturated rings. The second kappa shape index (κ2) is 8.11. The van der Waals surface area contributed by atoms with E-state index in [0.29, 0.717) is 11.8 Å². The number of hydrogen-bond acceptors (Lipinski definition) is 3. The summed E-state index contributed by atoms with van der Waals surface area (Å²) in [7, 11) is 0. The van der Waals surface area contributed by atoms with E-state index >= 15 is 0 Å². The molecule has 0 N–H and O–H groups in total. The average molecular weight is 321 g/mol. The zero-order valence-electron chi connectivity index (χ0n) is 11.8. The van der Waals surface area contributed by atoms with E-state index in [4.69, 9.17) is 16.3 Å². The summed E-state index contributed by atoms with van der Waals surface area (Å²) in [5.74, 6) is -0.207. The number of ether oxygens (including phenoxy) is 1. The molecule has 2 aromatic rings. The molecule has 0 spiro atoms. The van der Waals surface area contributed by atoms with Gasteiger partial charge in [0, 0.05) is 4.90 Å². The van der Waals surface area contributed by atoms with Crippen LogP contribution in [-0.4, -0.2) is 17.8 Å². The van der Waals surface area contributed by atoms with Crippen LogP contribution in [0.5, 0.6) is 0 Å². The van der Waals surface area contributed by atoms with Gasteiger partial charge in [0.05, 0.1) is 18.2 Å². The molecule has 0 saturated carbocycles. The first-order valence-electron chi connectivity index (χ1n) is 6.77. The molecule has 2 nitrogen and oxygen atoms in total. The van der Waals surface area contributed by atoms with Crippen molar-refractivity contribution >= 4 is 29.3 Å². The maximum atomic E-state index is 11.7. The molecular weight excluding hydrogens is 304 g/mol. The molecule has 110 valence electrons. The third kappa shape index (κ3) is 4.51. The van der Waals surface area contributed by atoms with E-state index in [-0.39, 0.29) is 12.4 Å². The van der Waals surface area contributed by atoms with Gasteiger partial charge < -0.3 is 4.74 Å². The van der Waals surface area contributed by atoms with Gasteiger partial charge in [0.1, 0.15) is 0 Å². The lowest BCUT2D eigenvalue weighted by Gasteiger charge is -2.10. The number of halogens is 1. The lowest BCUT2D eigenvalue weighted by Crippen LogP contribution is -2.08. The van der Waals surface area contributed by atoms with Gasteiger partial charge in [-0.1, -0.05) is 42.5 Å². The second-order valence-electron chi connectivity index (χ2n) is 4.42. The largest absolute Gasteiger partial charge is 0.466 e. The van der Waals surface area contributed by atoms with E-state index in [1.807, 2.05) is 37.3 Å². The minimum atomic E-state index is -0.207. The van der Waals surface area contributed by atoms with Crippen molar-refractivity contribution < 1.29 is 9.53 Å². The minimum absolute atomic E-state index is 0.207. The van der Waals surface area contributed by atoms with Crippen molar-refractivity contribution in [2.24, 2.45) is 0 Å². The van der Waals surface area contributed by atoms with Gasteiger partial charge >= 0.3 is 5.97 Å². The van der Waals surface area contributed by atoms with E-state index in [9.17, 15) is 4.79 Å². The Kier molecular flexibility index (Phi) is 6.15. The highest BCUT2D eigenvalue weighted by atomic mass is 35.5. The monoisotopic (exact) mass is 320 g/mol. The number of alkyl halides is 1. The Morgan fingerprint density at radius 1 is 1.14 bits per heavy atom. The Morgan fingerprint density at radius 2 is 1.90 bits per heavy atom. The highest BCUT2D eigenvalue weighted by Gasteiger charge is 2.10. The maximum Gasteiger partial charge on any atom is 0.310 e. The number of hydrogen-bond donors (Lipinski definition) is 0. The number of carbonyl (C=O) groups is 1. The standard InChI is InChI=1S/C17H17ClO2S/c1-2-20-17(19)11-15-9-8-14(10-16(15)21-12-18)13-6-4-3-5-7-13/h3-10H,2,11-12H2,1H3. The summed E-state index contributed by atoms with van der Waals surface area (Å²) in [5.41, 5.74) is 3.23. The van der Waals surface area contributed by atoms with Crippen LogP contribution in [0, 0.1) is 0 Å². The molecule has 0 radical (unpaired) electrons. The summed E-state index contributed by atoms with van der Waals surface area (Å²) in [5, 5.41) is 0.452. The predicted octanol–water partition coefficient (Wildman–Crippen LogP) is 4.75. The summed E-state index contributed by atoms with van der Waals surface area (Å²) in [6.07, 6.45) is 0.280. The van der Waals surface area contributed by atoms with Crippen LogP contribution < -0.4 is 0 Å². The number of rotatable bonds is 6. The first-order chi connectivity index (χ1) is 10.2. The van der Waals surface area contributed by atoms with Gasteiger partial charge in [0.2, 0.25) is 0 Å². The van der Waals surface area contributed by atoms with Gasteiger partial charge in [0.25, 0.3) is 0 Å². The van der Waals surface area contributed by atoms with Gasteiger partial charge in [-0.3, -0.25) is 4.79 Å². The summed E-state index contributed by atoms with van der Waals surface area (Å²) in [4.78, 5) is 12.7. The number of benzene rings is 2. The van der Waals surface area contributed by atoms with Crippen molar-refractivity contribution in [2.45, 2.75) is 18.2 Å². The Balaban J connectivity index is 2.28. The van der Waals surface area contributed by atoms with E-state index in [2.05, 4.69) is 18.2 Å². The van der Waals surface area contributed by atoms with Crippen molar-refractivity contribution in [1.29, 1.82) is 0 Å². The molecule has 21 heavy (non-hydrogen) atoms. The Hall–Kier alpha value is -1.45. The first-order valence-corrected chi connectivity index (χ1v) is 8.29. The van der Waals surface area contributed by atoms with E-state index < -0.39 is 0 Å². The van der Waals surface area contributed by atoms with Crippen LogP contribution >= 0.6 is 23.4 Å². The van der Waals surface area contributed by atoms with Crippen LogP contribution in [0.1, 0.15) is 12.5 Å². The van der Waals surface area contributed by atoms with Crippen LogP contribution in [0.4, 0.5) is 0 Å². The highest BCUT2D eigenvalue weighted by Crippen LogP contribution is 2.30. The lowest BCUT2D eigenvalue weighted by molar-refractivity contribution is -0.142. The fourth-order valence-corrected chi connectivity index (χ4v) is 3.08. The van der Waals surface area contributed by atoms with Crippen molar-refractivity contribution in [3.05, 3.63) is 54.1 Å². The molecule has 0 atom stereocenters. The highest BCUT2D eigenvalue weighted by molar-refractivity contribution is 8.00. The third-order valence-electron chi connectivity index (χ3n) is 3.02. The molecule has 0 unspecified atom stereocenters. The quantitative estimate of drug-likeness (QED) is 0.436. The zero-order chi connectivity index (χ0) is 15.1. The van der Waals surface area contributed by atoms with Gasteiger partial charge in [-0.25, -0.2) is 0 Å². The molecule has 0 saturated heterocycles. The fraction of sp³-hybridized carbons (Fsp3) is 0.235. The average Bonchev–Trinajstić information content (AvgIpc) is 2.50. The molecule has 2 rings (SSSR count). The Morgan fingerprint density at radius 3 is 2.57 bits per heavy atom. The summed E-state index contributed by atoms with van der Waals surface area (Å²) >= 11 is 7.38. The smallest absolute Gasteiger partial charge is 0.310 e. The van der Waals surface area contributed by atoms with E-state index in [0.717, 1.165) is 21.6 Å². The van der Waals surface area contributed by atoms with E-state index in [1.165, 1.54) is 11.8 Å². The van der Waals surface area contributed by atoms with Crippen molar-refractivity contribution in [3.8, 4) is 11.1 Å². The number of esters is 1. The van der Waals surface area contributed by atoms with Crippen LogP contribution in [-0.2, 0) is 16.0 Å². The summed E-state index contributed by atoms with van der Waals surface area (Å²) in [6.45, 7) is 2.21. The first kappa shape index (κ1) is 15.9. The second-order valence-corrected chi connectivity index (χ2v) is 6.03. The molecule has 0 aliphatic heterocycles. The maximum absolute atomic E-state index is 11.7.